The van der Waals surface area contributed by atoms with Crippen LogP contribution < -0.4 is 5.32 Å². The van der Waals surface area contributed by atoms with E-state index in [4.69, 9.17) is 0 Å². The van der Waals surface area contributed by atoms with Gasteiger partial charge in [0, 0.05) is 28.5 Å². The van der Waals surface area contributed by atoms with Crippen molar-refractivity contribution < 1.29 is 9.00 Å². The van der Waals surface area contributed by atoms with E-state index >= 15 is 0 Å². The van der Waals surface area contributed by atoms with Gasteiger partial charge in [0.25, 0.3) is 0 Å². The molecule has 1 atom stereocenters. The smallest absolute Gasteiger partial charge is 0.232 e. The van der Waals surface area contributed by atoms with Crippen LogP contribution >= 0.6 is 0 Å². The average molecular weight is 341 g/mol. The van der Waals surface area contributed by atoms with Gasteiger partial charge in [0.15, 0.2) is 0 Å². The second kappa shape index (κ2) is 7.31. The molecule has 0 saturated heterocycles. The zero-order valence-electron chi connectivity index (χ0n) is 14.0. The van der Waals surface area contributed by atoms with Gasteiger partial charge in [-0.1, -0.05) is 54.6 Å². The van der Waals surface area contributed by atoms with Crippen LogP contribution in [0.1, 0.15) is 29.5 Å². The van der Waals surface area contributed by atoms with E-state index in [9.17, 15) is 9.00 Å². The maximum Gasteiger partial charge on any atom is 0.232 e. The first-order valence-corrected chi connectivity index (χ1v) is 9.80. The number of carbonyl (C=O) groups excluding carboxylic acids is 1. The number of hydrogen-bond acceptors (Lipinski definition) is 2. The topological polar surface area (TPSA) is 46.2 Å². The van der Waals surface area contributed by atoms with Crippen LogP contribution in [0.4, 0.5) is 0 Å². The van der Waals surface area contributed by atoms with Crippen molar-refractivity contribution in [3.05, 3.63) is 71.3 Å². The standard InChI is InChI=1S/C20H23NO2S/c1-16-7-5-6-8-17(16)13-24(23)14-19(22)21-15-20(11-12-20)18-9-3-2-4-10-18/h2-10H,11-15H2,1H3,(H,21,22). The molecule has 0 bridgehead atoms. The van der Waals surface area contributed by atoms with Crippen LogP contribution in [0, 0.1) is 6.92 Å². The summed E-state index contributed by atoms with van der Waals surface area (Å²) in [5.74, 6) is 0.382. The zero-order chi connectivity index (χ0) is 17.0. The summed E-state index contributed by atoms with van der Waals surface area (Å²) in [5, 5.41) is 2.98. The van der Waals surface area contributed by atoms with Crippen LogP contribution in [-0.2, 0) is 26.8 Å². The monoisotopic (exact) mass is 341 g/mol. The van der Waals surface area contributed by atoms with E-state index in [1.165, 1.54) is 5.56 Å². The Hall–Kier alpha value is -1.94. The van der Waals surface area contributed by atoms with Gasteiger partial charge in [-0.2, -0.15) is 0 Å². The molecule has 126 valence electrons. The normalized spacial score (nSPS) is 16.4. The Balaban J connectivity index is 1.50. The molecular weight excluding hydrogens is 318 g/mol. The molecule has 0 spiro atoms. The Morgan fingerprint density at radius 3 is 2.42 bits per heavy atom. The van der Waals surface area contributed by atoms with Gasteiger partial charge in [-0.05, 0) is 36.5 Å². The molecule has 1 unspecified atom stereocenters. The van der Waals surface area contributed by atoms with Crippen molar-refractivity contribution in [2.45, 2.75) is 30.9 Å². The maximum absolute atomic E-state index is 12.2. The first-order chi connectivity index (χ1) is 11.6. The van der Waals surface area contributed by atoms with Gasteiger partial charge in [0.1, 0.15) is 5.75 Å². The van der Waals surface area contributed by atoms with Crippen molar-refractivity contribution in [1.29, 1.82) is 0 Å². The molecule has 0 radical (unpaired) electrons. The molecule has 1 fully saturated rings. The van der Waals surface area contributed by atoms with Gasteiger partial charge in [0.05, 0.1) is 0 Å². The lowest BCUT2D eigenvalue weighted by molar-refractivity contribution is -0.118. The molecule has 1 amide bonds. The van der Waals surface area contributed by atoms with Crippen molar-refractivity contribution >= 4 is 16.7 Å². The fraction of sp³-hybridized carbons (Fsp3) is 0.350. The van der Waals surface area contributed by atoms with Crippen molar-refractivity contribution in [2.24, 2.45) is 0 Å². The molecule has 24 heavy (non-hydrogen) atoms. The van der Waals surface area contributed by atoms with Gasteiger partial charge in [0.2, 0.25) is 5.91 Å². The molecule has 0 aliphatic heterocycles. The first kappa shape index (κ1) is 16.9. The minimum atomic E-state index is -1.18. The molecular formula is C20H23NO2S. The van der Waals surface area contributed by atoms with Crippen molar-refractivity contribution in [3.63, 3.8) is 0 Å². The summed E-state index contributed by atoms with van der Waals surface area (Å²) in [5.41, 5.74) is 3.54. The molecule has 3 nitrogen and oxygen atoms in total. The third-order valence-electron chi connectivity index (χ3n) is 4.73. The first-order valence-electron chi connectivity index (χ1n) is 8.31. The van der Waals surface area contributed by atoms with Gasteiger partial charge in [-0.25, -0.2) is 0 Å². The van der Waals surface area contributed by atoms with Crippen LogP contribution in [0.25, 0.3) is 0 Å². The number of amides is 1. The Morgan fingerprint density at radius 2 is 1.75 bits per heavy atom. The molecule has 2 aromatic rings. The Morgan fingerprint density at radius 1 is 1.08 bits per heavy atom. The molecule has 1 N–H and O–H groups in total. The van der Waals surface area contributed by atoms with Gasteiger partial charge < -0.3 is 5.32 Å². The Kier molecular flexibility index (Phi) is 5.14. The number of rotatable bonds is 7. The predicted molar refractivity (Wildman–Crippen MR) is 98.3 cm³/mol. The van der Waals surface area contributed by atoms with E-state index in [1.807, 2.05) is 49.4 Å². The summed E-state index contributed by atoms with van der Waals surface area (Å²) in [6.45, 7) is 2.64. The molecule has 3 rings (SSSR count). The van der Waals surface area contributed by atoms with Crippen molar-refractivity contribution in [2.75, 3.05) is 12.3 Å². The molecule has 0 aromatic heterocycles. The summed E-state index contributed by atoms with van der Waals surface area (Å²) >= 11 is 0. The number of nitrogens with one attached hydrogen (secondary N) is 1. The van der Waals surface area contributed by atoms with Crippen molar-refractivity contribution in [1.82, 2.24) is 5.32 Å². The minimum Gasteiger partial charge on any atom is -0.354 e. The number of hydrogen-bond donors (Lipinski definition) is 1. The summed E-state index contributed by atoms with van der Waals surface area (Å²) in [7, 11) is -1.18. The average Bonchev–Trinajstić information content (AvgIpc) is 3.37. The highest BCUT2D eigenvalue weighted by Gasteiger charge is 2.44. The highest BCUT2D eigenvalue weighted by atomic mass is 32.2. The highest BCUT2D eigenvalue weighted by molar-refractivity contribution is 7.84. The van der Waals surface area contributed by atoms with Crippen LogP contribution in [-0.4, -0.2) is 22.4 Å². The second-order valence-electron chi connectivity index (χ2n) is 6.58. The van der Waals surface area contributed by atoms with Gasteiger partial charge in [-0.15, -0.1) is 0 Å². The third kappa shape index (κ3) is 4.12. The lowest BCUT2D eigenvalue weighted by Crippen LogP contribution is -2.35. The second-order valence-corrected chi connectivity index (χ2v) is 8.04. The lowest BCUT2D eigenvalue weighted by Gasteiger charge is -2.16. The quantitative estimate of drug-likeness (QED) is 0.841. The van der Waals surface area contributed by atoms with Crippen LogP contribution in [0.15, 0.2) is 54.6 Å². The summed E-state index contributed by atoms with van der Waals surface area (Å²) < 4.78 is 12.2. The summed E-state index contributed by atoms with van der Waals surface area (Å²) in [4.78, 5) is 12.1. The van der Waals surface area contributed by atoms with Crippen LogP contribution in [0.2, 0.25) is 0 Å². The lowest BCUT2D eigenvalue weighted by atomic mass is 9.96. The van der Waals surface area contributed by atoms with E-state index < -0.39 is 10.8 Å². The summed E-state index contributed by atoms with van der Waals surface area (Å²) in [6.07, 6.45) is 2.20. The number of aryl methyl sites for hydroxylation is 1. The van der Waals surface area contributed by atoms with E-state index in [0.29, 0.717) is 12.3 Å². The molecule has 1 saturated carbocycles. The van der Waals surface area contributed by atoms with Crippen LogP contribution in [0.3, 0.4) is 0 Å². The van der Waals surface area contributed by atoms with E-state index in [2.05, 4.69) is 17.4 Å². The van der Waals surface area contributed by atoms with Gasteiger partial charge >= 0.3 is 0 Å². The fourth-order valence-corrected chi connectivity index (χ4v) is 4.14. The Labute approximate surface area is 145 Å². The fourth-order valence-electron chi connectivity index (χ4n) is 2.97. The third-order valence-corrected chi connectivity index (χ3v) is 5.95. The molecule has 4 heteroatoms. The number of carbonyl (C=O) groups is 1. The molecule has 0 heterocycles. The van der Waals surface area contributed by atoms with Crippen LogP contribution in [0.5, 0.6) is 0 Å². The SMILES string of the molecule is Cc1ccccc1CS(=O)CC(=O)NCC1(c2ccccc2)CC1. The maximum atomic E-state index is 12.2. The van der Waals surface area contributed by atoms with E-state index in [0.717, 1.165) is 24.0 Å². The number of benzene rings is 2. The molecule has 1 aliphatic carbocycles. The molecule has 2 aromatic carbocycles. The minimum absolute atomic E-state index is 0.0687. The molecule has 1 aliphatic rings. The summed E-state index contributed by atoms with van der Waals surface area (Å²) in [6, 6.07) is 18.2. The highest BCUT2D eigenvalue weighted by Crippen LogP contribution is 2.47. The van der Waals surface area contributed by atoms with E-state index in [-0.39, 0.29) is 17.1 Å². The zero-order valence-corrected chi connectivity index (χ0v) is 14.8. The van der Waals surface area contributed by atoms with Crippen molar-refractivity contribution in [3.8, 4) is 0 Å². The Bertz CT molecular complexity index is 738. The van der Waals surface area contributed by atoms with Gasteiger partial charge in [-0.3, -0.25) is 9.00 Å². The predicted octanol–water partition coefficient (Wildman–Crippen LogP) is 3.09. The largest absolute Gasteiger partial charge is 0.354 e. The van der Waals surface area contributed by atoms with E-state index in [1.54, 1.807) is 0 Å².